The molecule has 0 spiro atoms. The van der Waals surface area contributed by atoms with Crippen molar-refractivity contribution < 1.29 is 47.6 Å². The van der Waals surface area contributed by atoms with Gasteiger partial charge in [0, 0.05) is 0 Å². The molecule has 0 saturated heterocycles. The number of rotatable bonds is 17. The number of esters is 2. The van der Waals surface area contributed by atoms with E-state index in [-0.39, 0.29) is 49.6 Å². The van der Waals surface area contributed by atoms with Gasteiger partial charge in [0.15, 0.2) is 11.5 Å². The summed E-state index contributed by atoms with van der Waals surface area (Å²) in [5.41, 5.74) is 6.60. The average Bonchev–Trinajstić information content (AvgIpc) is 2.98. The Bertz CT molecular complexity index is 992. The molecule has 0 aliphatic heterocycles. The standard InChI is InChI=1S/C31H47NO10/c1-4-6-11-17-37-30(35)41-26-16-15-23(20-27(26)42-31(36)38-18-12-7-5-2)19-25(32)29(34)39-21-22(3)40-28(33)24-13-9-8-10-14-24/h15-16,20,22,24-25H,4-14,17-19,21,32H2,1-3H3/t22-,25-/m0/s1. The van der Waals surface area contributed by atoms with Crippen molar-refractivity contribution in [2.45, 2.75) is 110 Å². The molecule has 0 amide bonds. The van der Waals surface area contributed by atoms with Gasteiger partial charge in [0.2, 0.25) is 0 Å². The van der Waals surface area contributed by atoms with Crippen LogP contribution in [0.2, 0.25) is 0 Å². The van der Waals surface area contributed by atoms with Crippen molar-refractivity contribution in [1.29, 1.82) is 0 Å². The summed E-state index contributed by atoms with van der Waals surface area (Å²) in [5, 5.41) is 0. The predicted molar refractivity (Wildman–Crippen MR) is 154 cm³/mol. The lowest BCUT2D eigenvalue weighted by Gasteiger charge is -2.22. The van der Waals surface area contributed by atoms with Crippen molar-refractivity contribution >= 4 is 24.2 Å². The third-order valence-electron chi connectivity index (χ3n) is 6.80. The number of carbonyl (C=O) groups excluding carboxylic acids is 4. The molecule has 1 aliphatic carbocycles. The number of ether oxygens (including phenoxy) is 6. The van der Waals surface area contributed by atoms with E-state index in [4.69, 9.17) is 34.2 Å². The monoisotopic (exact) mass is 593 g/mol. The van der Waals surface area contributed by atoms with Gasteiger partial charge in [-0.25, -0.2) is 9.59 Å². The minimum Gasteiger partial charge on any atom is -0.461 e. The van der Waals surface area contributed by atoms with E-state index in [0.29, 0.717) is 18.4 Å². The second kappa shape index (κ2) is 19.7. The van der Waals surface area contributed by atoms with E-state index >= 15 is 0 Å². The Morgan fingerprint density at radius 2 is 1.43 bits per heavy atom. The Morgan fingerprint density at radius 3 is 2.02 bits per heavy atom. The lowest BCUT2D eigenvalue weighted by atomic mass is 9.89. The molecular weight excluding hydrogens is 546 g/mol. The van der Waals surface area contributed by atoms with Crippen LogP contribution in [0, 0.1) is 5.92 Å². The normalized spacial score (nSPS) is 14.8. The van der Waals surface area contributed by atoms with Crippen molar-refractivity contribution in [3.05, 3.63) is 23.8 Å². The fourth-order valence-corrected chi connectivity index (χ4v) is 4.41. The van der Waals surface area contributed by atoms with Gasteiger partial charge in [0.05, 0.1) is 19.1 Å². The van der Waals surface area contributed by atoms with Gasteiger partial charge in [-0.3, -0.25) is 9.59 Å². The van der Waals surface area contributed by atoms with Crippen LogP contribution in [0.1, 0.15) is 97.0 Å². The molecule has 2 atom stereocenters. The van der Waals surface area contributed by atoms with Gasteiger partial charge in [0.25, 0.3) is 0 Å². The molecule has 1 aromatic rings. The van der Waals surface area contributed by atoms with E-state index in [1.807, 2.05) is 13.8 Å². The first-order valence-corrected chi connectivity index (χ1v) is 15.2. The summed E-state index contributed by atoms with van der Waals surface area (Å²) < 4.78 is 31.5. The molecule has 2 rings (SSSR count). The first-order valence-electron chi connectivity index (χ1n) is 15.2. The quantitative estimate of drug-likeness (QED) is 0.0977. The van der Waals surface area contributed by atoms with E-state index in [0.717, 1.165) is 57.8 Å². The van der Waals surface area contributed by atoms with Gasteiger partial charge in [-0.15, -0.1) is 0 Å². The minimum atomic E-state index is -1.05. The molecule has 0 aromatic heterocycles. The Balaban J connectivity index is 1.96. The first-order chi connectivity index (χ1) is 20.2. The van der Waals surface area contributed by atoms with Crippen molar-refractivity contribution in [2.75, 3.05) is 19.8 Å². The fourth-order valence-electron chi connectivity index (χ4n) is 4.41. The molecule has 42 heavy (non-hydrogen) atoms. The molecule has 1 fully saturated rings. The van der Waals surface area contributed by atoms with E-state index in [2.05, 4.69) is 0 Å². The third-order valence-corrected chi connectivity index (χ3v) is 6.80. The van der Waals surface area contributed by atoms with E-state index < -0.39 is 30.4 Å². The lowest BCUT2D eigenvalue weighted by Crippen LogP contribution is -2.36. The predicted octanol–water partition coefficient (Wildman–Crippen LogP) is 6.02. The summed E-state index contributed by atoms with van der Waals surface area (Å²) in [4.78, 5) is 49.3. The summed E-state index contributed by atoms with van der Waals surface area (Å²) >= 11 is 0. The number of hydrogen-bond acceptors (Lipinski definition) is 11. The van der Waals surface area contributed by atoms with Gasteiger partial charge in [-0.05, 0) is 56.7 Å². The van der Waals surface area contributed by atoms with Gasteiger partial charge in [-0.2, -0.15) is 0 Å². The van der Waals surface area contributed by atoms with Crippen LogP contribution >= 0.6 is 0 Å². The van der Waals surface area contributed by atoms with Gasteiger partial charge in [0.1, 0.15) is 18.8 Å². The highest BCUT2D eigenvalue weighted by molar-refractivity contribution is 5.76. The number of benzene rings is 1. The van der Waals surface area contributed by atoms with Crippen molar-refractivity contribution in [1.82, 2.24) is 0 Å². The maximum Gasteiger partial charge on any atom is 0.513 e. The summed E-state index contributed by atoms with van der Waals surface area (Å²) in [6.07, 6.45) is 7.50. The van der Waals surface area contributed by atoms with Crippen LogP contribution in [-0.2, 0) is 35.0 Å². The van der Waals surface area contributed by atoms with Crippen LogP contribution in [0.15, 0.2) is 18.2 Å². The second-order valence-electron chi connectivity index (χ2n) is 10.6. The van der Waals surface area contributed by atoms with Crippen LogP contribution in [0.4, 0.5) is 9.59 Å². The van der Waals surface area contributed by atoms with Crippen LogP contribution in [0.3, 0.4) is 0 Å². The smallest absolute Gasteiger partial charge is 0.461 e. The van der Waals surface area contributed by atoms with Crippen LogP contribution in [0.25, 0.3) is 0 Å². The molecular formula is C31H47NO10. The van der Waals surface area contributed by atoms with Crippen LogP contribution < -0.4 is 15.2 Å². The van der Waals surface area contributed by atoms with E-state index in [1.54, 1.807) is 13.0 Å². The largest absolute Gasteiger partial charge is 0.513 e. The summed E-state index contributed by atoms with van der Waals surface area (Å²) in [7, 11) is 0. The zero-order chi connectivity index (χ0) is 30.7. The fraction of sp³-hybridized carbons (Fsp3) is 0.677. The molecule has 2 N–H and O–H groups in total. The van der Waals surface area contributed by atoms with Crippen LogP contribution in [0.5, 0.6) is 11.5 Å². The highest BCUT2D eigenvalue weighted by Gasteiger charge is 2.25. The molecule has 0 radical (unpaired) electrons. The molecule has 0 bridgehead atoms. The summed E-state index contributed by atoms with van der Waals surface area (Å²) in [6.45, 7) is 6.01. The van der Waals surface area contributed by atoms with Gasteiger partial charge >= 0.3 is 24.2 Å². The maximum atomic E-state index is 12.6. The van der Waals surface area contributed by atoms with Crippen molar-refractivity contribution in [3.8, 4) is 11.5 Å². The molecule has 1 saturated carbocycles. The molecule has 0 heterocycles. The van der Waals surface area contributed by atoms with Crippen LogP contribution in [-0.4, -0.2) is 56.2 Å². The molecule has 236 valence electrons. The Kier molecular flexibility index (Phi) is 16.4. The molecule has 11 heteroatoms. The minimum absolute atomic E-state index is 0.0404. The second-order valence-corrected chi connectivity index (χ2v) is 10.6. The average molecular weight is 594 g/mol. The highest BCUT2D eigenvalue weighted by atomic mass is 16.7. The highest BCUT2D eigenvalue weighted by Crippen LogP contribution is 2.30. The summed E-state index contributed by atoms with van der Waals surface area (Å²) in [6, 6.07) is 3.40. The topological polar surface area (TPSA) is 150 Å². The number of hydrogen-bond donors (Lipinski definition) is 1. The Labute approximate surface area is 248 Å². The van der Waals surface area contributed by atoms with Gasteiger partial charge in [-0.1, -0.05) is 64.9 Å². The van der Waals surface area contributed by atoms with Gasteiger partial charge < -0.3 is 34.2 Å². The van der Waals surface area contributed by atoms with E-state index in [1.165, 1.54) is 12.1 Å². The molecule has 1 aliphatic rings. The number of unbranched alkanes of at least 4 members (excludes halogenated alkanes) is 4. The molecule has 1 aromatic carbocycles. The molecule has 11 nitrogen and oxygen atoms in total. The zero-order valence-corrected chi connectivity index (χ0v) is 25.2. The van der Waals surface area contributed by atoms with E-state index in [9.17, 15) is 19.2 Å². The van der Waals surface area contributed by atoms with Crippen molar-refractivity contribution in [2.24, 2.45) is 11.7 Å². The Hall–Kier alpha value is -3.34. The molecule has 0 unspecified atom stereocenters. The maximum absolute atomic E-state index is 12.6. The SMILES string of the molecule is CCCCCOC(=O)Oc1ccc(C[C@H](N)C(=O)OC[C@H](C)OC(=O)C2CCCCC2)cc1OC(=O)OCCCCC. The lowest BCUT2D eigenvalue weighted by molar-refractivity contribution is -0.162. The first kappa shape index (κ1) is 34.9. The number of nitrogens with two attached hydrogens (primary N) is 1. The zero-order valence-electron chi connectivity index (χ0n) is 25.2. The summed E-state index contributed by atoms with van der Waals surface area (Å²) in [5.74, 6) is -1.16. The van der Waals surface area contributed by atoms with Crippen molar-refractivity contribution in [3.63, 3.8) is 0 Å². The third kappa shape index (κ3) is 13.5. The Morgan fingerprint density at radius 1 is 0.833 bits per heavy atom. The number of carbonyl (C=O) groups is 4.